The van der Waals surface area contributed by atoms with E-state index in [1.165, 1.54) is 12.1 Å². The number of aryl methyl sites for hydroxylation is 1. The monoisotopic (exact) mass is 236 g/mol. The molecule has 0 amide bonds. The SMILES string of the molecule is O=CCCc1cc(Cl)ccc1C(F)(F)F. The molecule has 0 fully saturated rings. The van der Waals surface area contributed by atoms with Crippen LogP contribution in [-0.2, 0) is 17.4 Å². The Balaban J connectivity index is 3.08. The largest absolute Gasteiger partial charge is 0.416 e. The molecule has 0 N–H and O–H groups in total. The Kier molecular flexibility index (Phi) is 3.74. The average Bonchev–Trinajstić information content (AvgIpc) is 2.12. The molecular formula is C10H8ClF3O. The molecular weight excluding hydrogens is 229 g/mol. The highest BCUT2D eigenvalue weighted by Crippen LogP contribution is 2.33. The van der Waals surface area contributed by atoms with E-state index in [-0.39, 0.29) is 23.4 Å². The first kappa shape index (κ1) is 12.0. The molecule has 0 saturated carbocycles. The fourth-order valence-electron chi connectivity index (χ4n) is 1.26. The van der Waals surface area contributed by atoms with Gasteiger partial charge < -0.3 is 4.79 Å². The molecule has 15 heavy (non-hydrogen) atoms. The maximum Gasteiger partial charge on any atom is 0.416 e. The zero-order valence-corrected chi connectivity index (χ0v) is 8.40. The second-order valence-corrected chi connectivity index (χ2v) is 3.44. The van der Waals surface area contributed by atoms with Gasteiger partial charge in [0.1, 0.15) is 6.29 Å². The number of rotatable bonds is 3. The van der Waals surface area contributed by atoms with Crippen LogP contribution >= 0.6 is 11.6 Å². The lowest BCUT2D eigenvalue weighted by Gasteiger charge is -2.12. The summed E-state index contributed by atoms with van der Waals surface area (Å²) in [6, 6.07) is 3.37. The Hall–Kier alpha value is -1.03. The molecule has 0 saturated heterocycles. The molecule has 82 valence electrons. The summed E-state index contributed by atoms with van der Waals surface area (Å²) in [5.74, 6) is 0. The van der Waals surface area contributed by atoms with Gasteiger partial charge in [0.2, 0.25) is 0 Å². The van der Waals surface area contributed by atoms with Gasteiger partial charge in [-0.2, -0.15) is 13.2 Å². The summed E-state index contributed by atoms with van der Waals surface area (Å²) >= 11 is 5.59. The third-order valence-electron chi connectivity index (χ3n) is 1.90. The number of carbonyl (C=O) groups excluding carboxylic acids is 1. The van der Waals surface area contributed by atoms with Crippen LogP contribution in [0.25, 0.3) is 0 Å². The highest BCUT2D eigenvalue weighted by molar-refractivity contribution is 6.30. The van der Waals surface area contributed by atoms with Crippen LogP contribution < -0.4 is 0 Å². The summed E-state index contributed by atoms with van der Waals surface area (Å²) in [5.41, 5.74) is -0.671. The number of carbonyl (C=O) groups is 1. The highest BCUT2D eigenvalue weighted by atomic mass is 35.5. The third kappa shape index (κ3) is 3.23. The molecule has 0 spiro atoms. The molecule has 0 bridgehead atoms. The first-order valence-electron chi connectivity index (χ1n) is 4.24. The molecule has 0 unspecified atom stereocenters. The van der Waals surface area contributed by atoms with E-state index in [4.69, 9.17) is 11.6 Å². The van der Waals surface area contributed by atoms with E-state index in [9.17, 15) is 18.0 Å². The minimum atomic E-state index is -4.40. The van der Waals surface area contributed by atoms with E-state index < -0.39 is 11.7 Å². The number of benzene rings is 1. The van der Waals surface area contributed by atoms with Crippen molar-refractivity contribution in [2.75, 3.05) is 0 Å². The minimum absolute atomic E-state index is 0.0545. The van der Waals surface area contributed by atoms with Crippen LogP contribution in [0.5, 0.6) is 0 Å². The van der Waals surface area contributed by atoms with Crippen molar-refractivity contribution in [1.29, 1.82) is 0 Å². The molecule has 0 aliphatic rings. The summed E-state index contributed by atoms with van der Waals surface area (Å²) in [6.07, 6.45) is -3.70. The van der Waals surface area contributed by atoms with E-state index in [2.05, 4.69) is 0 Å². The van der Waals surface area contributed by atoms with Crippen LogP contribution in [0.3, 0.4) is 0 Å². The third-order valence-corrected chi connectivity index (χ3v) is 2.14. The van der Waals surface area contributed by atoms with Crippen molar-refractivity contribution in [1.82, 2.24) is 0 Å². The molecule has 1 aromatic rings. The van der Waals surface area contributed by atoms with Gasteiger partial charge in [-0.25, -0.2) is 0 Å². The van der Waals surface area contributed by atoms with Crippen molar-refractivity contribution in [3.8, 4) is 0 Å². The van der Waals surface area contributed by atoms with Gasteiger partial charge in [0.25, 0.3) is 0 Å². The molecule has 5 heteroatoms. The first-order valence-corrected chi connectivity index (χ1v) is 4.62. The van der Waals surface area contributed by atoms with Crippen molar-refractivity contribution in [3.05, 3.63) is 34.3 Å². The predicted octanol–water partition coefficient (Wildman–Crippen LogP) is 3.49. The van der Waals surface area contributed by atoms with Crippen molar-refractivity contribution >= 4 is 17.9 Å². The van der Waals surface area contributed by atoms with Gasteiger partial charge in [-0.05, 0) is 30.2 Å². The van der Waals surface area contributed by atoms with Gasteiger partial charge in [-0.3, -0.25) is 0 Å². The van der Waals surface area contributed by atoms with Crippen molar-refractivity contribution in [2.45, 2.75) is 19.0 Å². The summed E-state index contributed by atoms with van der Waals surface area (Å²) < 4.78 is 37.4. The van der Waals surface area contributed by atoms with Gasteiger partial charge in [-0.15, -0.1) is 0 Å². The van der Waals surface area contributed by atoms with Gasteiger partial charge in [0.05, 0.1) is 5.56 Å². The smallest absolute Gasteiger partial charge is 0.303 e. The lowest BCUT2D eigenvalue weighted by Crippen LogP contribution is -2.09. The van der Waals surface area contributed by atoms with Crippen LogP contribution in [0, 0.1) is 0 Å². The van der Waals surface area contributed by atoms with Gasteiger partial charge in [-0.1, -0.05) is 11.6 Å². The Morgan fingerprint density at radius 2 is 2.00 bits per heavy atom. The Morgan fingerprint density at radius 1 is 1.33 bits per heavy atom. The molecule has 1 nitrogen and oxygen atoms in total. The van der Waals surface area contributed by atoms with E-state index in [0.29, 0.717) is 6.29 Å². The van der Waals surface area contributed by atoms with Gasteiger partial charge >= 0.3 is 6.18 Å². The molecule has 0 atom stereocenters. The van der Waals surface area contributed by atoms with Crippen LogP contribution in [-0.4, -0.2) is 6.29 Å². The number of hydrogen-bond donors (Lipinski definition) is 0. The van der Waals surface area contributed by atoms with Gasteiger partial charge in [0, 0.05) is 11.4 Å². The summed E-state index contributed by atoms with van der Waals surface area (Å²) in [4.78, 5) is 10.1. The summed E-state index contributed by atoms with van der Waals surface area (Å²) in [5, 5.41) is 0.240. The fourth-order valence-corrected chi connectivity index (χ4v) is 1.45. The Labute approximate surface area is 89.9 Å². The second kappa shape index (κ2) is 4.66. The summed E-state index contributed by atoms with van der Waals surface area (Å²) in [6.45, 7) is 0. The number of alkyl halides is 3. The maximum absolute atomic E-state index is 12.5. The predicted molar refractivity (Wildman–Crippen MR) is 50.8 cm³/mol. The zero-order valence-electron chi connectivity index (χ0n) is 7.64. The number of aldehydes is 1. The maximum atomic E-state index is 12.5. The Bertz CT molecular complexity index is 360. The van der Waals surface area contributed by atoms with Crippen LogP contribution in [0.15, 0.2) is 18.2 Å². The van der Waals surface area contributed by atoms with Crippen molar-refractivity contribution < 1.29 is 18.0 Å². The first-order chi connectivity index (χ1) is 6.95. The highest BCUT2D eigenvalue weighted by Gasteiger charge is 2.32. The number of hydrogen-bond acceptors (Lipinski definition) is 1. The topological polar surface area (TPSA) is 17.1 Å². The lowest BCUT2D eigenvalue weighted by molar-refractivity contribution is -0.138. The molecule has 0 heterocycles. The molecule has 0 aliphatic carbocycles. The second-order valence-electron chi connectivity index (χ2n) is 3.00. The van der Waals surface area contributed by atoms with Crippen molar-refractivity contribution in [3.63, 3.8) is 0 Å². The lowest BCUT2D eigenvalue weighted by atomic mass is 10.0. The zero-order chi connectivity index (χ0) is 11.5. The quantitative estimate of drug-likeness (QED) is 0.735. The average molecular weight is 237 g/mol. The molecule has 1 rings (SSSR count). The molecule has 1 aromatic carbocycles. The van der Waals surface area contributed by atoms with Gasteiger partial charge in [0.15, 0.2) is 0 Å². The van der Waals surface area contributed by atoms with E-state index in [1.807, 2.05) is 0 Å². The van der Waals surface area contributed by atoms with Crippen LogP contribution in [0.1, 0.15) is 17.5 Å². The van der Waals surface area contributed by atoms with Crippen LogP contribution in [0.4, 0.5) is 13.2 Å². The van der Waals surface area contributed by atoms with Crippen molar-refractivity contribution in [2.24, 2.45) is 0 Å². The standard InChI is InChI=1S/C10H8ClF3O/c11-8-3-4-9(10(12,13)14)7(6-8)2-1-5-15/h3-6H,1-2H2. The molecule has 0 radical (unpaired) electrons. The molecule has 0 aromatic heterocycles. The van der Waals surface area contributed by atoms with E-state index in [0.717, 1.165) is 6.07 Å². The number of halogens is 4. The van der Waals surface area contributed by atoms with E-state index >= 15 is 0 Å². The Morgan fingerprint density at radius 3 is 2.53 bits per heavy atom. The molecule has 0 aliphatic heterocycles. The van der Waals surface area contributed by atoms with Crippen LogP contribution in [0.2, 0.25) is 5.02 Å². The van der Waals surface area contributed by atoms with E-state index in [1.54, 1.807) is 0 Å². The minimum Gasteiger partial charge on any atom is -0.303 e. The normalized spacial score (nSPS) is 11.5. The summed E-state index contributed by atoms with van der Waals surface area (Å²) in [7, 11) is 0. The fraction of sp³-hybridized carbons (Fsp3) is 0.300.